The molecule has 1 aliphatic rings. The van der Waals surface area contributed by atoms with E-state index in [1.165, 1.54) is 18.2 Å². The molecule has 8 nitrogen and oxygen atoms in total. The standard InChI is InChI=1S/C21H23ClN4O4/c1-15-13-16(26(29)30)7-8-19(15)23-20(27)14-24-9-4-10-25(12-11-24)21(28)17-5-2-3-6-18(17)22/h2-3,5-8,13H,4,9-12,14H2,1H3,(H,23,27). The number of nitro benzene ring substituents is 1. The van der Waals surface area contributed by atoms with Crippen molar-refractivity contribution in [3.8, 4) is 0 Å². The summed E-state index contributed by atoms with van der Waals surface area (Å²) in [6, 6.07) is 11.3. The molecule has 0 atom stereocenters. The van der Waals surface area contributed by atoms with E-state index in [0.29, 0.717) is 48.0 Å². The molecule has 2 amide bonds. The Kier molecular flexibility index (Phi) is 7.02. The summed E-state index contributed by atoms with van der Waals surface area (Å²) in [6.45, 7) is 4.27. The minimum atomic E-state index is -0.467. The van der Waals surface area contributed by atoms with Gasteiger partial charge < -0.3 is 10.2 Å². The number of hydrogen-bond donors (Lipinski definition) is 1. The van der Waals surface area contributed by atoms with E-state index >= 15 is 0 Å². The maximum atomic E-state index is 12.8. The third-order valence-electron chi connectivity index (χ3n) is 5.04. The predicted octanol–water partition coefficient (Wildman–Crippen LogP) is 3.34. The zero-order chi connectivity index (χ0) is 21.7. The second-order valence-electron chi connectivity index (χ2n) is 7.21. The summed E-state index contributed by atoms with van der Waals surface area (Å²) in [6.07, 6.45) is 0.750. The highest BCUT2D eigenvalue weighted by molar-refractivity contribution is 6.33. The average molecular weight is 431 g/mol. The molecule has 30 heavy (non-hydrogen) atoms. The number of aryl methyl sites for hydroxylation is 1. The molecule has 3 rings (SSSR count). The lowest BCUT2D eigenvalue weighted by atomic mass is 10.2. The van der Waals surface area contributed by atoms with Crippen molar-refractivity contribution in [2.45, 2.75) is 13.3 Å². The summed E-state index contributed by atoms with van der Waals surface area (Å²) in [5, 5.41) is 14.1. The molecule has 0 aliphatic carbocycles. The predicted molar refractivity (Wildman–Crippen MR) is 115 cm³/mol. The fourth-order valence-electron chi connectivity index (χ4n) is 3.43. The first-order valence-corrected chi connectivity index (χ1v) is 10.0. The monoisotopic (exact) mass is 430 g/mol. The van der Waals surface area contributed by atoms with Crippen LogP contribution in [0.3, 0.4) is 0 Å². The third-order valence-corrected chi connectivity index (χ3v) is 5.37. The van der Waals surface area contributed by atoms with E-state index in [1.807, 2.05) is 4.90 Å². The van der Waals surface area contributed by atoms with Crippen molar-refractivity contribution in [1.29, 1.82) is 0 Å². The molecular weight excluding hydrogens is 408 g/mol. The van der Waals surface area contributed by atoms with Crippen LogP contribution in [0.4, 0.5) is 11.4 Å². The Bertz CT molecular complexity index is 966. The Labute approximate surface area is 179 Å². The molecule has 2 aromatic carbocycles. The first-order valence-electron chi connectivity index (χ1n) is 9.66. The van der Waals surface area contributed by atoms with Gasteiger partial charge in [-0.05, 0) is 37.1 Å². The molecule has 0 unspecified atom stereocenters. The number of carbonyl (C=O) groups is 2. The van der Waals surface area contributed by atoms with Gasteiger partial charge in [0.05, 0.1) is 22.1 Å². The number of amides is 2. The maximum absolute atomic E-state index is 12.8. The molecule has 0 bridgehead atoms. The van der Waals surface area contributed by atoms with Crippen molar-refractivity contribution in [3.63, 3.8) is 0 Å². The molecule has 158 valence electrons. The quantitative estimate of drug-likeness (QED) is 0.579. The average Bonchev–Trinajstić information content (AvgIpc) is 2.94. The number of non-ortho nitro benzene ring substituents is 1. The summed E-state index contributed by atoms with van der Waals surface area (Å²) in [5.74, 6) is -0.300. The smallest absolute Gasteiger partial charge is 0.269 e. The van der Waals surface area contributed by atoms with E-state index in [9.17, 15) is 19.7 Å². The number of rotatable bonds is 5. The molecule has 1 fully saturated rings. The first kappa shape index (κ1) is 21.7. The van der Waals surface area contributed by atoms with E-state index in [0.717, 1.165) is 6.42 Å². The minimum Gasteiger partial charge on any atom is -0.337 e. The molecule has 0 aromatic heterocycles. The van der Waals surface area contributed by atoms with Crippen molar-refractivity contribution in [1.82, 2.24) is 9.80 Å². The molecule has 0 saturated carbocycles. The van der Waals surface area contributed by atoms with Crippen LogP contribution in [0.15, 0.2) is 42.5 Å². The number of nitrogens with zero attached hydrogens (tertiary/aromatic N) is 3. The summed E-state index contributed by atoms with van der Waals surface area (Å²) < 4.78 is 0. The van der Waals surface area contributed by atoms with Crippen LogP contribution in [0.1, 0.15) is 22.3 Å². The van der Waals surface area contributed by atoms with E-state index in [-0.39, 0.29) is 24.0 Å². The van der Waals surface area contributed by atoms with Crippen LogP contribution in [0.25, 0.3) is 0 Å². The second kappa shape index (κ2) is 9.69. The van der Waals surface area contributed by atoms with E-state index < -0.39 is 4.92 Å². The summed E-state index contributed by atoms with van der Waals surface area (Å²) in [7, 11) is 0. The van der Waals surface area contributed by atoms with Gasteiger partial charge in [0.2, 0.25) is 5.91 Å². The summed E-state index contributed by atoms with van der Waals surface area (Å²) in [4.78, 5) is 39.3. The number of hydrogen-bond acceptors (Lipinski definition) is 5. The highest BCUT2D eigenvalue weighted by Crippen LogP contribution is 2.21. The first-order chi connectivity index (χ1) is 14.3. The molecule has 0 spiro atoms. The Morgan fingerprint density at radius 3 is 2.60 bits per heavy atom. The van der Waals surface area contributed by atoms with Gasteiger partial charge in [-0.1, -0.05) is 23.7 Å². The lowest BCUT2D eigenvalue weighted by molar-refractivity contribution is -0.384. The van der Waals surface area contributed by atoms with Crippen LogP contribution in [0, 0.1) is 17.0 Å². The Morgan fingerprint density at radius 2 is 1.90 bits per heavy atom. The highest BCUT2D eigenvalue weighted by atomic mass is 35.5. The van der Waals surface area contributed by atoms with Crippen molar-refractivity contribution >= 4 is 34.8 Å². The number of benzene rings is 2. The van der Waals surface area contributed by atoms with Gasteiger partial charge in [-0.15, -0.1) is 0 Å². The van der Waals surface area contributed by atoms with Crippen LogP contribution < -0.4 is 5.32 Å². The Morgan fingerprint density at radius 1 is 1.13 bits per heavy atom. The van der Waals surface area contributed by atoms with Gasteiger partial charge in [0.15, 0.2) is 0 Å². The van der Waals surface area contributed by atoms with Gasteiger partial charge in [0.1, 0.15) is 0 Å². The Balaban J connectivity index is 1.56. The molecule has 1 aliphatic heterocycles. The number of halogens is 1. The van der Waals surface area contributed by atoms with Crippen molar-refractivity contribution in [2.75, 3.05) is 38.0 Å². The number of nitro groups is 1. The van der Waals surface area contributed by atoms with E-state index in [2.05, 4.69) is 5.32 Å². The summed E-state index contributed by atoms with van der Waals surface area (Å²) >= 11 is 6.15. The zero-order valence-corrected chi connectivity index (χ0v) is 17.4. The van der Waals surface area contributed by atoms with Gasteiger partial charge >= 0.3 is 0 Å². The van der Waals surface area contributed by atoms with Crippen LogP contribution in [-0.2, 0) is 4.79 Å². The lowest BCUT2D eigenvalue weighted by Crippen LogP contribution is -2.38. The van der Waals surface area contributed by atoms with Gasteiger partial charge in [-0.2, -0.15) is 0 Å². The van der Waals surface area contributed by atoms with Gasteiger partial charge in [-0.3, -0.25) is 24.6 Å². The molecule has 1 N–H and O–H groups in total. The van der Waals surface area contributed by atoms with Gasteiger partial charge in [-0.25, -0.2) is 0 Å². The number of anilines is 1. The van der Waals surface area contributed by atoms with Crippen LogP contribution >= 0.6 is 11.6 Å². The van der Waals surface area contributed by atoms with Crippen molar-refractivity contribution in [2.24, 2.45) is 0 Å². The molecule has 0 radical (unpaired) electrons. The van der Waals surface area contributed by atoms with Crippen molar-refractivity contribution in [3.05, 3.63) is 68.7 Å². The van der Waals surface area contributed by atoms with Crippen LogP contribution in [-0.4, -0.2) is 59.3 Å². The van der Waals surface area contributed by atoms with Crippen LogP contribution in [0.2, 0.25) is 5.02 Å². The van der Waals surface area contributed by atoms with E-state index in [4.69, 9.17) is 11.6 Å². The van der Waals surface area contributed by atoms with E-state index in [1.54, 1.807) is 36.1 Å². The maximum Gasteiger partial charge on any atom is 0.269 e. The molecule has 9 heteroatoms. The largest absolute Gasteiger partial charge is 0.337 e. The second-order valence-corrected chi connectivity index (χ2v) is 7.61. The molecular formula is C21H23ClN4O4. The fraction of sp³-hybridized carbons (Fsp3) is 0.333. The summed E-state index contributed by atoms with van der Waals surface area (Å²) in [5.41, 5.74) is 1.65. The number of nitrogens with one attached hydrogen (secondary N) is 1. The van der Waals surface area contributed by atoms with Crippen LogP contribution in [0.5, 0.6) is 0 Å². The fourth-order valence-corrected chi connectivity index (χ4v) is 3.65. The SMILES string of the molecule is Cc1cc([N+](=O)[O-])ccc1NC(=O)CN1CCCN(C(=O)c2ccccc2Cl)CC1. The van der Waals surface area contributed by atoms with Gasteiger partial charge in [0.25, 0.3) is 11.6 Å². The molecule has 1 saturated heterocycles. The zero-order valence-electron chi connectivity index (χ0n) is 16.6. The normalized spacial score (nSPS) is 14.8. The minimum absolute atomic E-state index is 0.0127. The Hall–Kier alpha value is -2.97. The number of carbonyl (C=O) groups excluding carboxylic acids is 2. The van der Waals surface area contributed by atoms with Crippen molar-refractivity contribution < 1.29 is 14.5 Å². The molecule has 1 heterocycles. The topological polar surface area (TPSA) is 95.8 Å². The highest BCUT2D eigenvalue weighted by Gasteiger charge is 2.23. The molecule has 2 aromatic rings. The lowest BCUT2D eigenvalue weighted by Gasteiger charge is -2.22. The third kappa shape index (κ3) is 5.34. The van der Waals surface area contributed by atoms with Gasteiger partial charge in [0, 0.05) is 44.0 Å².